The lowest BCUT2D eigenvalue weighted by Gasteiger charge is -2.23. The highest BCUT2D eigenvalue weighted by molar-refractivity contribution is 5.87. The molecule has 0 aliphatic heterocycles. The van der Waals surface area contributed by atoms with Crippen molar-refractivity contribution >= 4 is 6.21 Å². The summed E-state index contributed by atoms with van der Waals surface area (Å²) in [5.74, 6) is -10.3. The second kappa shape index (κ2) is 6.46. The second-order valence-corrected chi connectivity index (χ2v) is 6.54. The van der Waals surface area contributed by atoms with Gasteiger partial charge >= 0.3 is 0 Å². The van der Waals surface area contributed by atoms with Crippen LogP contribution in [0.4, 0.5) is 22.0 Å². The first-order valence-electron chi connectivity index (χ1n) is 7.32. The molecule has 134 valence electrons. The van der Waals surface area contributed by atoms with Gasteiger partial charge in [0.2, 0.25) is 5.82 Å². The van der Waals surface area contributed by atoms with Gasteiger partial charge in [0.05, 0.1) is 5.56 Å². The average molecular weight is 357 g/mol. The Hall–Kier alpha value is -2.44. The van der Waals surface area contributed by atoms with E-state index >= 15 is 0 Å². The first-order chi connectivity index (χ1) is 11.5. The molecule has 0 radical (unpaired) electrons. The second-order valence-electron chi connectivity index (χ2n) is 6.54. The van der Waals surface area contributed by atoms with Gasteiger partial charge in [-0.2, -0.15) is 0 Å². The lowest BCUT2D eigenvalue weighted by atomic mass is 9.83. The van der Waals surface area contributed by atoms with E-state index in [1.54, 1.807) is 20.8 Å². The predicted molar refractivity (Wildman–Crippen MR) is 85.6 cm³/mol. The van der Waals surface area contributed by atoms with Gasteiger partial charge < -0.3 is 5.11 Å². The van der Waals surface area contributed by atoms with Crippen LogP contribution in [0.15, 0.2) is 17.1 Å². The topological polar surface area (TPSA) is 32.6 Å². The van der Waals surface area contributed by atoms with E-state index < -0.39 is 40.1 Å². The molecule has 0 unspecified atom stereocenters. The van der Waals surface area contributed by atoms with E-state index in [9.17, 15) is 27.1 Å². The minimum absolute atomic E-state index is 0.105. The maximum absolute atomic E-state index is 14.1. The van der Waals surface area contributed by atoms with Crippen LogP contribution in [0.1, 0.15) is 31.9 Å². The number of rotatable bonds is 2. The van der Waals surface area contributed by atoms with Gasteiger partial charge in [-0.15, -0.1) is 0 Å². The molecular formula is C18H16F5NO. The van der Waals surface area contributed by atoms with Crippen LogP contribution >= 0.6 is 0 Å². The van der Waals surface area contributed by atoms with Crippen molar-refractivity contribution in [3.05, 3.63) is 52.3 Å². The molecule has 0 spiro atoms. The van der Waals surface area contributed by atoms with E-state index in [1.807, 2.05) is 0 Å². The molecule has 0 heterocycles. The quantitative estimate of drug-likeness (QED) is 0.345. The number of hydrogen-bond donors (Lipinski definition) is 1. The predicted octanol–water partition coefficient (Wildman–Crippen LogP) is 5.10. The molecule has 25 heavy (non-hydrogen) atoms. The van der Waals surface area contributed by atoms with Crippen molar-refractivity contribution in [3.63, 3.8) is 0 Å². The zero-order valence-corrected chi connectivity index (χ0v) is 14.0. The molecule has 0 saturated carbocycles. The van der Waals surface area contributed by atoms with Crippen molar-refractivity contribution in [1.82, 2.24) is 0 Å². The number of aromatic hydroxyl groups is 1. The van der Waals surface area contributed by atoms with Crippen molar-refractivity contribution in [2.75, 3.05) is 7.05 Å². The largest absolute Gasteiger partial charge is 0.507 e. The highest BCUT2D eigenvalue weighted by Gasteiger charge is 2.29. The number of hydrogen-bond acceptors (Lipinski definition) is 2. The summed E-state index contributed by atoms with van der Waals surface area (Å²) in [7, 11) is 1.42. The Morgan fingerprint density at radius 1 is 0.880 bits per heavy atom. The minimum Gasteiger partial charge on any atom is -0.507 e. The maximum Gasteiger partial charge on any atom is 0.200 e. The van der Waals surface area contributed by atoms with Gasteiger partial charge in [0, 0.05) is 24.4 Å². The fraction of sp³-hybridized carbons (Fsp3) is 0.278. The van der Waals surface area contributed by atoms with Gasteiger partial charge in [0.15, 0.2) is 23.3 Å². The highest BCUT2D eigenvalue weighted by atomic mass is 19.2. The van der Waals surface area contributed by atoms with Gasteiger partial charge in [0.25, 0.3) is 0 Å². The standard InChI is InChI=1S/C18H16F5NO/c1-18(2,3)10-6-8(5-9(7-24-4)17(10)25)11-12(19)14(21)16(23)15(22)13(11)20/h5-7,25H,1-4H3. The van der Waals surface area contributed by atoms with Crippen LogP contribution in [0.5, 0.6) is 5.75 Å². The van der Waals surface area contributed by atoms with Crippen molar-refractivity contribution in [3.8, 4) is 16.9 Å². The number of halogens is 5. The van der Waals surface area contributed by atoms with Crippen molar-refractivity contribution in [2.24, 2.45) is 4.99 Å². The lowest BCUT2D eigenvalue weighted by Crippen LogP contribution is -2.13. The molecule has 2 aromatic carbocycles. The summed E-state index contributed by atoms with van der Waals surface area (Å²) in [5, 5.41) is 10.3. The molecule has 0 aliphatic carbocycles. The Morgan fingerprint density at radius 2 is 1.36 bits per heavy atom. The van der Waals surface area contributed by atoms with Gasteiger partial charge in [-0.05, 0) is 23.1 Å². The van der Waals surface area contributed by atoms with Crippen molar-refractivity contribution in [1.29, 1.82) is 0 Å². The summed E-state index contributed by atoms with van der Waals surface area (Å²) >= 11 is 0. The first-order valence-corrected chi connectivity index (χ1v) is 7.32. The van der Waals surface area contributed by atoms with Crippen molar-refractivity contribution in [2.45, 2.75) is 26.2 Å². The average Bonchev–Trinajstić information content (AvgIpc) is 2.53. The number of nitrogens with zero attached hydrogens (tertiary/aromatic N) is 1. The van der Waals surface area contributed by atoms with Gasteiger partial charge in [-0.25, -0.2) is 22.0 Å². The summed E-state index contributed by atoms with van der Waals surface area (Å²) in [6, 6.07) is 2.33. The molecule has 0 saturated heterocycles. The molecule has 7 heteroatoms. The molecule has 0 amide bonds. The van der Waals surface area contributed by atoms with Gasteiger partial charge in [0.1, 0.15) is 5.75 Å². The number of phenolic OH excluding ortho intramolecular Hbond substituents is 1. The molecule has 1 N–H and O–H groups in total. The summed E-state index contributed by atoms with van der Waals surface area (Å²) < 4.78 is 68.5. The molecular weight excluding hydrogens is 341 g/mol. The summed E-state index contributed by atoms with van der Waals surface area (Å²) in [4.78, 5) is 3.74. The Labute approximate surface area is 141 Å². The van der Waals surface area contributed by atoms with E-state index in [4.69, 9.17) is 0 Å². The van der Waals surface area contributed by atoms with Crippen LogP contribution in [0.2, 0.25) is 0 Å². The third-order valence-electron chi connectivity index (χ3n) is 3.71. The summed E-state index contributed by atoms with van der Waals surface area (Å²) in [6.07, 6.45) is 1.24. The minimum atomic E-state index is -2.22. The Kier molecular flexibility index (Phi) is 4.88. The maximum atomic E-state index is 14.1. The third kappa shape index (κ3) is 3.23. The van der Waals surface area contributed by atoms with Crippen LogP contribution in [0.3, 0.4) is 0 Å². The van der Waals surface area contributed by atoms with Gasteiger partial charge in [-0.1, -0.05) is 20.8 Å². The fourth-order valence-corrected chi connectivity index (χ4v) is 2.47. The Balaban J connectivity index is 2.92. The molecule has 0 atom stereocenters. The van der Waals surface area contributed by atoms with E-state index in [1.165, 1.54) is 19.3 Å². The number of benzene rings is 2. The zero-order valence-electron chi connectivity index (χ0n) is 14.0. The smallest absolute Gasteiger partial charge is 0.200 e. The molecule has 2 rings (SSSR count). The fourth-order valence-electron chi connectivity index (χ4n) is 2.47. The molecule has 0 aliphatic rings. The monoisotopic (exact) mass is 357 g/mol. The lowest BCUT2D eigenvalue weighted by molar-refractivity contribution is 0.381. The van der Waals surface area contributed by atoms with Crippen molar-refractivity contribution < 1.29 is 27.1 Å². The van der Waals surface area contributed by atoms with E-state index in [-0.39, 0.29) is 22.4 Å². The number of phenols is 1. The molecule has 0 bridgehead atoms. The highest BCUT2D eigenvalue weighted by Crippen LogP contribution is 2.39. The normalized spacial score (nSPS) is 12.2. The Morgan fingerprint density at radius 3 is 1.80 bits per heavy atom. The van der Waals surface area contributed by atoms with E-state index in [0.717, 1.165) is 6.07 Å². The van der Waals surface area contributed by atoms with Crippen LogP contribution in [-0.4, -0.2) is 18.4 Å². The van der Waals surface area contributed by atoms with E-state index in [2.05, 4.69) is 4.99 Å². The first kappa shape index (κ1) is 18.9. The van der Waals surface area contributed by atoms with Gasteiger partial charge in [-0.3, -0.25) is 4.99 Å². The summed E-state index contributed by atoms with van der Waals surface area (Å²) in [6.45, 7) is 5.20. The molecule has 2 nitrogen and oxygen atoms in total. The zero-order chi connectivity index (χ0) is 19.1. The van der Waals surface area contributed by atoms with Crippen LogP contribution < -0.4 is 0 Å². The SMILES string of the molecule is CN=Cc1cc(-c2c(F)c(F)c(F)c(F)c2F)cc(C(C)(C)C)c1O. The molecule has 0 aromatic heterocycles. The third-order valence-corrected chi connectivity index (χ3v) is 3.71. The summed E-state index contributed by atoms with van der Waals surface area (Å²) in [5.41, 5.74) is -1.56. The van der Waals surface area contributed by atoms with E-state index in [0.29, 0.717) is 0 Å². The molecule has 2 aromatic rings. The van der Waals surface area contributed by atoms with Crippen LogP contribution in [0.25, 0.3) is 11.1 Å². The molecule has 0 fully saturated rings. The number of aliphatic imine (C=N–C) groups is 1. The van der Waals surface area contributed by atoms with Crippen LogP contribution in [0, 0.1) is 29.1 Å². The Bertz CT molecular complexity index is 840. The van der Waals surface area contributed by atoms with Crippen LogP contribution in [-0.2, 0) is 5.41 Å².